The van der Waals surface area contributed by atoms with Crippen molar-refractivity contribution in [2.24, 2.45) is 0 Å². The molecule has 5 nitrogen and oxygen atoms in total. The van der Waals surface area contributed by atoms with Gasteiger partial charge < -0.3 is 5.32 Å². The maximum Gasteiger partial charge on any atom is 0.232 e. The Balaban J connectivity index is 2.08. The summed E-state index contributed by atoms with van der Waals surface area (Å²) in [6.07, 6.45) is 0.768. The van der Waals surface area contributed by atoms with Crippen molar-refractivity contribution < 1.29 is 22.0 Å². The van der Waals surface area contributed by atoms with E-state index >= 15 is 0 Å². The van der Waals surface area contributed by atoms with E-state index in [1.165, 1.54) is 6.07 Å². The van der Waals surface area contributed by atoms with Crippen molar-refractivity contribution in [3.63, 3.8) is 0 Å². The SMILES string of the molecule is CS(=O)(=O)N(CCC(=O)Nc1c(F)cccc1F)c1ccccc1. The molecule has 0 atom stereocenters. The van der Waals surface area contributed by atoms with Gasteiger partial charge in [0.05, 0.1) is 11.9 Å². The lowest BCUT2D eigenvalue weighted by molar-refractivity contribution is -0.116. The Labute approximate surface area is 139 Å². The Morgan fingerprint density at radius 3 is 2.17 bits per heavy atom. The van der Waals surface area contributed by atoms with Crippen LogP contribution >= 0.6 is 0 Å². The van der Waals surface area contributed by atoms with Gasteiger partial charge in [-0.1, -0.05) is 24.3 Å². The first-order chi connectivity index (χ1) is 11.3. The zero-order valence-corrected chi connectivity index (χ0v) is 13.7. The molecule has 0 aromatic heterocycles. The zero-order valence-electron chi connectivity index (χ0n) is 12.9. The van der Waals surface area contributed by atoms with E-state index in [1.807, 2.05) is 0 Å². The topological polar surface area (TPSA) is 66.5 Å². The van der Waals surface area contributed by atoms with Crippen LogP contribution in [0.25, 0.3) is 0 Å². The summed E-state index contributed by atoms with van der Waals surface area (Å²) in [4.78, 5) is 11.9. The third-order valence-corrected chi connectivity index (χ3v) is 4.41. The fourth-order valence-corrected chi connectivity index (χ4v) is 3.03. The number of carbonyl (C=O) groups excluding carboxylic acids is 1. The van der Waals surface area contributed by atoms with Gasteiger partial charge in [-0.05, 0) is 24.3 Å². The molecule has 0 unspecified atom stereocenters. The molecular formula is C16H16F2N2O3S. The first kappa shape index (κ1) is 17.9. The van der Waals surface area contributed by atoms with Gasteiger partial charge in [0.2, 0.25) is 15.9 Å². The number of para-hydroxylation sites is 2. The summed E-state index contributed by atoms with van der Waals surface area (Å²) in [5.74, 6) is -2.48. The second kappa shape index (κ2) is 7.39. The van der Waals surface area contributed by atoms with E-state index in [-0.39, 0.29) is 13.0 Å². The van der Waals surface area contributed by atoms with Crippen LogP contribution in [0.3, 0.4) is 0 Å². The summed E-state index contributed by atoms with van der Waals surface area (Å²) >= 11 is 0. The molecule has 8 heteroatoms. The van der Waals surface area contributed by atoms with Gasteiger partial charge in [0.1, 0.15) is 17.3 Å². The number of sulfonamides is 1. The number of rotatable bonds is 6. The van der Waals surface area contributed by atoms with Gasteiger partial charge in [0.25, 0.3) is 0 Å². The summed E-state index contributed by atoms with van der Waals surface area (Å²) in [5, 5.41) is 2.13. The molecule has 24 heavy (non-hydrogen) atoms. The highest BCUT2D eigenvalue weighted by atomic mass is 32.2. The number of hydrogen-bond donors (Lipinski definition) is 1. The van der Waals surface area contributed by atoms with Gasteiger partial charge in [-0.15, -0.1) is 0 Å². The highest BCUT2D eigenvalue weighted by molar-refractivity contribution is 7.92. The lowest BCUT2D eigenvalue weighted by Crippen LogP contribution is -2.33. The molecule has 2 aromatic carbocycles. The molecule has 0 spiro atoms. The summed E-state index contributed by atoms with van der Waals surface area (Å²) in [6.45, 7) is -0.148. The van der Waals surface area contributed by atoms with Crippen LogP contribution in [0.15, 0.2) is 48.5 Å². The summed E-state index contributed by atoms with van der Waals surface area (Å²) in [5.41, 5.74) is -0.141. The van der Waals surface area contributed by atoms with E-state index in [1.54, 1.807) is 30.3 Å². The second-order valence-corrected chi connectivity index (χ2v) is 6.97. The van der Waals surface area contributed by atoms with Crippen LogP contribution in [-0.4, -0.2) is 27.1 Å². The minimum Gasteiger partial charge on any atom is -0.321 e. The molecule has 1 N–H and O–H groups in total. The number of benzene rings is 2. The smallest absolute Gasteiger partial charge is 0.232 e. The standard InChI is InChI=1S/C16H16F2N2O3S/c1-24(22,23)20(12-6-3-2-4-7-12)11-10-15(21)19-16-13(17)8-5-9-14(16)18/h2-9H,10-11H2,1H3,(H,19,21). The monoisotopic (exact) mass is 354 g/mol. The van der Waals surface area contributed by atoms with Crippen molar-refractivity contribution in [2.75, 3.05) is 22.4 Å². The van der Waals surface area contributed by atoms with E-state index in [9.17, 15) is 22.0 Å². The van der Waals surface area contributed by atoms with Crippen molar-refractivity contribution in [3.05, 3.63) is 60.2 Å². The number of carbonyl (C=O) groups is 1. The Bertz CT molecular complexity index is 806. The average Bonchev–Trinajstić information content (AvgIpc) is 2.51. The fraction of sp³-hybridized carbons (Fsp3) is 0.188. The fourth-order valence-electron chi connectivity index (χ4n) is 2.10. The lowest BCUT2D eigenvalue weighted by Gasteiger charge is -2.22. The van der Waals surface area contributed by atoms with Gasteiger partial charge in [-0.3, -0.25) is 9.10 Å². The first-order valence-electron chi connectivity index (χ1n) is 7.05. The van der Waals surface area contributed by atoms with E-state index in [0.29, 0.717) is 5.69 Å². The maximum atomic E-state index is 13.5. The van der Waals surface area contributed by atoms with E-state index in [2.05, 4.69) is 5.32 Å². The summed E-state index contributed by atoms with van der Waals surface area (Å²) < 4.78 is 51.8. The normalized spacial score (nSPS) is 11.1. The van der Waals surface area contributed by atoms with Gasteiger partial charge in [-0.25, -0.2) is 17.2 Å². The van der Waals surface area contributed by atoms with E-state index in [4.69, 9.17) is 0 Å². The van der Waals surface area contributed by atoms with Gasteiger partial charge in [-0.2, -0.15) is 0 Å². The summed E-state index contributed by atoms with van der Waals surface area (Å²) in [6, 6.07) is 11.5. The summed E-state index contributed by atoms with van der Waals surface area (Å²) in [7, 11) is -3.60. The van der Waals surface area contributed by atoms with Crippen molar-refractivity contribution in [2.45, 2.75) is 6.42 Å². The van der Waals surface area contributed by atoms with Crippen LogP contribution in [0, 0.1) is 11.6 Å². The molecule has 0 aliphatic heterocycles. The first-order valence-corrected chi connectivity index (χ1v) is 8.90. The molecule has 0 saturated carbocycles. The number of nitrogens with one attached hydrogen (secondary N) is 1. The largest absolute Gasteiger partial charge is 0.321 e. The Hall–Kier alpha value is -2.48. The van der Waals surface area contributed by atoms with Crippen molar-refractivity contribution in [1.29, 1.82) is 0 Å². The van der Waals surface area contributed by atoms with E-state index < -0.39 is 33.3 Å². The zero-order chi connectivity index (χ0) is 17.7. The third-order valence-electron chi connectivity index (χ3n) is 3.21. The minimum absolute atomic E-state index is 0.148. The van der Waals surface area contributed by atoms with Crippen molar-refractivity contribution in [1.82, 2.24) is 0 Å². The number of halogens is 2. The third kappa shape index (κ3) is 4.51. The van der Waals surface area contributed by atoms with Gasteiger partial charge in [0.15, 0.2) is 0 Å². The Morgan fingerprint density at radius 2 is 1.62 bits per heavy atom. The van der Waals surface area contributed by atoms with Gasteiger partial charge in [0, 0.05) is 13.0 Å². The quantitative estimate of drug-likeness (QED) is 0.867. The predicted molar refractivity (Wildman–Crippen MR) is 88.2 cm³/mol. The van der Waals surface area contributed by atoms with Crippen LogP contribution in [-0.2, 0) is 14.8 Å². The molecule has 0 aliphatic rings. The second-order valence-electron chi connectivity index (χ2n) is 5.07. The van der Waals surface area contributed by atoms with Gasteiger partial charge >= 0.3 is 0 Å². The molecule has 0 bridgehead atoms. The van der Waals surface area contributed by atoms with Crippen LogP contribution < -0.4 is 9.62 Å². The Kier molecular flexibility index (Phi) is 5.50. The average molecular weight is 354 g/mol. The van der Waals surface area contributed by atoms with E-state index in [0.717, 1.165) is 22.7 Å². The molecule has 0 heterocycles. The Morgan fingerprint density at radius 1 is 1.04 bits per heavy atom. The van der Waals surface area contributed by atoms with Crippen molar-refractivity contribution >= 4 is 27.3 Å². The molecule has 0 aliphatic carbocycles. The molecule has 0 radical (unpaired) electrons. The van der Waals surface area contributed by atoms with Crippen molar-refractivity contribution in [3.8, 4) is 0 Å². The van der Waals surface area contributed by atoms with Crippen LogP contribution in [0.4, 0.5) is 20.2 Å². The molecule has 0 saturated heterocycles. The number of nitrogens with zero attached hydrogens (tertiary/aromatic N) is 1. The molecule has 0 fully saturated rings. The highest BCUT2D eigenvalue weighted by Crippen LogP contribution is 2.19. The van der Waals surface area contributed by atoms with Crippen LogP contribution in [0.2, 0.25) is 0 Å². The molecular weight excluding hydrogens is 338 g/mol. The maximum absolute atomic E-state index is 13.5. The number of anilines is 2. The lowest BCUT2D eigenvalue weighted by atomic mass is 10.2. The highest BCUT2D eigenvalue weighted by Gasteiger charge is 2.19. The van der Waals surface area contributed by atoms with Crippen LogP contribution in [0.5, 0.6) is 0 Å². The molecule has 1 amide bonds. The molecule has 2 rings (SSSR count). The molecule has 128 valence electrons. The number of hydrogen-bond acceptors (Lipinski definition) is 3. The molecule has 2 aromatic rings. The minimum atomic E-state index is -3.60. The van der Waals surface area contributed by atoms with Crippen LogP contribution in [0.1, 0.15) is 6.42 Å². The number of amides is 1. The predicted octanol–water partition coefficient (Wildman–Crippen LogP) is 2.76.